The van der Waals surface area contributed by atoms with Gasteiger partial charge >= 0.3 is 0 Å². The van der Waals surface area contributed by atoms with Crippen LogP contribution in [-0.4, -0.2) is 9.78 Å². The summed E-state index contributed by atoms with van der Waals surface area (Å²) in [5.74, 6) is 0. The van der Waals surface area contributed by atoms with Gasteiger partial charge in [0.2, 0.25) is 0 Å². The predicted molar refractivity (Wildman–Crippen MR) is 54.4 cm³/mol. The van der Waals surface area contributed by atoms with Gasteiger partial charge in [-0.1, -0.05) is 0 Å². The van der Waals surface area contributed by atoms with Crippen molar-refractivity contribution in [2.75, 3.05) is 0 Å². The van der Waals surface area contributed by atoms with E-state index in [4.69, 9.17) is 5.73 Å². The second-order valence-electron chi connectivity index (χ2n) is 2.81. The minimum Gasteiger partial charge on any atom is -0.326 e. The Morgan fingerprint density at radius 2 is 2.31 bits per heavy atom. The first-order valence-electron chi connectivity index (χ1n) is 4.08. The van der Waals surface area contributed by atoms with E-state index < -0.39 is 0 Å². The van der Waals surface area contributed by atoms with Gasteiger partial charge in [0.15, 0.2) is 0 Å². The molecule has 0 bridgehead atoms. The first-order valence-corrected chi connectivity index (χ1v) is 4.90. The van der Waals surface area contributed by atoms with Crippen molar-refractivity contribution in [3.63, 3.8) is 0 Å². The standard InChI is InChI=1S/C9H11N3S/c1-12-8(4-5-11-12)9-3-2-7(6-10)13-9/h2-5H,6,10H2,1H3. The molecule has 0 saturated heterocycles. The fraction of sp³-hybridized carbons (Fsp3) is 0.222. The second kappa shape index (κ2) is 3.32. The molecule has 0 atom stereocenters. The van der Waals surface area contributed by atoms with Gasteiger partial charge in [-0.05, 0) is 18.2 Å². The lowest BCUT2D eigenvalue weighted by molar-refractivity contribution is 0.777. The zero-order valence-electron chi connectivity index (χ0n) is 7.40. The van der Waals surface area contributed by atoms with Crippen molar-refractivity contribution in [2.24, 2.45) is 12.8 Å². The highest BCUT2D eigenvalue weighted by Gasteiger charge is 2.04. The number of aromatic nitrogens is 2. The molecule has 4 heteroatoms. The first kappa shape index (κ1) is 8.47. The third kappa shape index (κ3) is 1.50. The molecule has 0 aliphatic heterocycles. The van der Waals surface area contributed by atoms with Gasteiger partial charge in [-0.15, -0.1) is 11.3 Å². The van der Waals surface area contributed by atoms with Crippen LogP contribution in [-0.2, 0) is 13.6 Å². The van der Waals surface area contributed by atoms with Gasteiger partial charge in [-0.3, -0.25) is 4.68 Å². The van der Waals surface area contributed by atoms with E-state index in [1.807, 2.05) is 17.8 Å². The highest BCUT2D eigenvalue weighted by molar-refractivity contribution is 7.15. The Hall–Kier alpha value is -1.13. The van der Waals surface area contributed by atoms with Crippen molar-refractivity contribution in [1.82, 2.24) is 9.78 Å². The topological polar surface area (TPSA) is 43.8 Å². The van der Waals surface area contributed by atoms with Gasteiger partial charge in [-0.25, -0.2) is 0 Å². The molecule has 0 saturated carbocycles. The van der Waals surface area contributed by atoms with Crippen molar-refractivity contribution >= 4 is 11.3 Å². The van der Waals surface area contributed by atoms with Crippen LogP contribution in [0.15, 0.2) is 24.4 Å². The average molecular weight is 193 g/mol. The maximum atomic E-state index is 5.54. The molecular formula is C9H11N3S. The molecule has 0 aliphatic rings. The third-order valence-electron chi connectivity index (χ3n) is 1.94. The molecule has 68 valence electrons. The maximum Gasteiger partial charge on any atom is 0.0778 e. The summed E-state index contributed by atoms with van der Waals surface area (Å²) in [6, 6.07) is 6.16. The van der Waals surface area contributed by atoms with E-state index in [9.17, 15) is 0 Å². The summed E-state index contributed by atoms with van der Waals surface area (Å²) in [7, 11) is 1.94. The minimum absolute atomic E-state index is 0.614. The zero-order chi connectivity index (χ0) is 9.26. The van der Waals surface area contributed by atoms with Gasteiger partial charge in [-0.2, -0.15) is 5.10 Å². The molecule has 0 radical (unpaired) electrons. The van der Waals surface area contributed by atoms with Crippen molar-refractivity contribution in [3.05, 3.63) is 29.3 Å². The van der Waals surface area contributed by atoms with Crippen LogP contribution >= 0.6 is 11.3 Å². The molecule has 0 amide bonds. The van der Waals surface area contributed by atoms with E-state index >= 15 is 0 Å². The lowest BCUT2D eigenvalue weighted by Gasteiger charge is -1.96. The summed E-state index contributed by atoms with van der Waals surface area (Å²) >= 11 is 1.72. The highest BCUT2D eigenvalue weighted by Crippen LogP contribution is 2.26. The van der Waals surface area contributed by atoms with Gasteiger partial charge in [0, 0.05) is 24.7 Å². The molecule has 2 aromatic rings. The molecule has 2 rings (SSSR count). The number of rotatable bonds is 2. The number of hydrogen-bond acceptors (Lipinski definition) is 3. The number of aryl methyl sites for hydroxylation is 1. The Morgan fingerprint density at radius 1 is 1.46 bits per heavy atom. The van der Waals surface area contributed by atoms with Crippen LogP contribution in [0.25, 0.3) is 10.6 Å². The molecule has 0 aliphatic carbocycles. The van der Waals surface area contributed by atoms with E-state index in [-0.39, 0.29) is 0 Å². The fourth-order valence-electron chi connectivity index (χ4n) is 1.24. The average Bonchev–Trinajstić information content (AvgIpc) is 2.71. The zero-order valence-corrected chi connectivity index (χ0v) is 8.21. The quantitative estimate of drug-likeness (QED) is 0.787. The van der Waals surface area contributed by atoms with Crippen LogP contribution in [0.4, 0.5) is 0 Å². The largest absolute Gasteiger partial charge is 0.326 e. The maximum absolute atomic E-state index is 5.54. The van der Waals surface area contributed by atoms with Gasteiger partial charge < -0.3 is 5.73 Å². The Balaban J connectivity index is 2.41. The molecule has 0 fully saturated rings. The number of thiophene rings is 1. The molecule has 3 nitrogen and oxygen atoms in total. The monoisotopic (exact) mass is 193 g/mol. The van der Waals surface area contributed by atoms with E-state index in [0.29, 0.717) is 6.54 Å². The van der Waals surface area contributed by atoms with Crippen molar-refractivity contribution < 1.29 is 0 Å². The Morgan fingerprint density at radius 3 is 2.85 bits per heavy atom. The molecule has 13 heavy (non-hydrogen) atoms. The van der Waals surface area contributed by atoms with E-state index in [0.717, 1.165) is 5.69 Å². The van der Waals surface area contributed by atoms with Crippen molar-refractivity contribution in [1.29, 1.82) is 0 Å². The second-order valence-corrected chi connectivity index (χ2v) is 3.98. The van der Waals surface area contributed by atoms with Crippen LogP contribution in [0.5, 0.6) is 0 Å². The molecule has 0 spiro atoms. The summed E-state index contributed by atoms with van der Waals surface area (Å²) in [6.07, 6.45) is 1.80. The Labute approximate surface area is 80.8 Å². The number of hydrogen-bond donors (Lipinski definition) is 1. The SMILES string of the molecule is Cn1nccc1-c1ccc(CN)s1. The van der Waals surface area contributed by atoms with Crippen LogP contribution in [0, 0.1) is 0 Å². The van der Waals surface area contributed by atoms with Crippen LogP contribution < -0.4 is 5.73 Å². The summed E-state index contributed by atoms with van der Waals surface area (Å²) in [6.45, 7) is 0.614. The normalized spacial score (nSPS) is 10.6. The van der Waals surface area contributed by atoms with E-state index in [1.54, 1.807) is 17.5 Å². The molecule has 0 aromatic carbocycles. The van der Waals surface area contributed by atoms with E-state index in [2.05, 4.69) is 17.2 Å². The molecule has 2 aromatic heterocycles. The summed E-state index contributed by atoms with van der Waals surface area (Å²) in [5, 5.41) is 4.12. The summed E-state index contributed by atoms with van der Waals surface area (Å²) < 4.78 is 1.87. The van der Waals surface area contributed by atoms with Crippen molar-refractivity contribution in [2.45, 2.75) is 6.54 Å². The summed E-state index contributed by atoms with van der Waals surface area (Å²) in [4.78, 5) is 2.43. The lowest BCUT2D eigenvalue weighted by atomic mass is 10.3. The number of nitrogens with zero attached hydrogens (tertiary/aromatic N) is 2. The molecule has 2 heterocycles. The lowest BCUT2D eigenvalue weighted by Crippen LogP contribution is -1.92. The van der Waals surface area contributed by atoms with Gasteiger partial charge in [0.05, 0.1) is 10.6 Å². The fourth-order valence-corrected chi connectivity index (χ4v) is 2.18. The van der Waals surface area contributed by atoms with Crippen molar-refractivity contribution in [3.8, 4) is 10.6 Å². The first-order chi connectivity index (χ1) is 6.31. The third-order valence-corrected chi connectivity index (χ3v) is 3.07. The smallest absolute Gasteiger partial charge is 0.0778 e. The van der Waals surface area contributed by atoms with E-state index in [1.165, 1.54) is 9.75 Å². The highest BCUT2D eigenvalue weighted by atomic mass is 32.1. The molecular weight excluding hydrogens is 182 g/mol. The Bertz CT molecular complexity index is 402. The summed E-state index contributed by atoms with van der Waals surface area (Å²) in [5.41, 5.74) is 6.69. The van der Waals surface area contributed by atoms with Gasteiger partial charge in [0.1, 0.15) is 0 Å². The predicted octanol–water partition coefficient (Wildman–Crippen LogP) is 1.61. The molecule has 0 unspecified atom stereocenters. The van der Waals surface area contributed by atoms with Crippen LogP contribution in [0.2, 0.25) is 0 Å². The molecule has 2 N–H and O–H groups in total. The van der Waals surface area contributed by atoms with Crippen LogP contribution in [0.1, 0.15) is 4.88 Å². The van der Waals surface area contributed by atoms with Gasteiger partial charge in [0.25, 0.3) is 0 Å². The number of nitrogens with two attached hydrogens (primary N) is 1. The Kier molecular flexibility index (Phi) is 2.16. The van der Waals surface area contributed by atoms with Crippen LogP contribution in [0.3, 0.4) is 0 Å². The minimum atomic E-state index is 0.614.